The van der Waals surface area contributed by atoms with Gasteiger partial charge in [-0.05, 0) is 35.2 Å². The summed E-state index contributed by atoms with van der Waals surface area (Å²) in [4.78, 5) is 0. The second kappa shape index (κ2) is 6.88. The maximum Gasteiger partial charge on any atom is 0.0587 e. The van der Waals surface area contributed by atoms with Gasteiger partial charge in [0.25, 0.3) is 0 Å². The summed E-state index contributed by atoms with van der Waals surface area (Å²) in [5, 5.41) is 7.26. The van der Waals surface area contributed by atoms with Crippen LogP contribution in [0, 0.1) is 5.41 Å². The van der Waals surface area contributed by atoms with Crippen molar-refractivity contribution >= 4 is 21.4 Å². The summed E-state index contributed by atoms with van der Waals surface area (Å²) in [5.74, 6) is 0. The number of thiophene rings is 1. The Balaban J connectivity index is 1.72. The predicted octanol–water partition coefficient (Wildman–Crippen LogP) is 3.09. The number of hydrogen-bond donors (Lipinski definition) is 1. The molecule has 0 bridgehead atoms. The molecule has 0 spiro atoms. The molecule has 21 heavy (non-hydrogen) atoms. The predicted molar refractivity (Wildman–Crippen MR) is 88.1 cm³/mol. The van der Waals surface area contributed by atoms with Gasteiger partial charge < -0.3 is 14.8 Å². The molecule has 2 aromatic rings. The Kier molecular flexibility index (Phi) is 4.91. The molecule has 1 atom stereocenters. The Hall–Kier alpha value is -0.940. The van der Waals surface area contributed by atoms with Crippen molar-refractivity contribution in [1.29, 1.82) is 0 Å². The summed E-state index contributed by atoms with van der Waals surface area (Å²) in [6.07, 6.45) is 2.23. The lowest BCUT2D eigenvalue weighted by Crippen LogP contribution is -2.38. The molecular formula is C17H23NO2S. The van der Waals surface area contributed by atoms with Gasteiger partial charge >= 0.3 is 0 Å². The first kappa shape index (κ1) is 15.0. The number of methoxy groups -OCH3 is 1. The molecule has 3 nitrogen and oxygen atoms in total. The highest BCUT2D eigenvalue weighted by atomic mass is 32.1. The Morgan fingerprint density at radius 3 is 3.10 bits per heavy atom. The fraction of sp³-hybridized carbons (Fsp3) is 0.529. The molecule has 1 unspecified atom stereocenters. The first-order chi connectivity index (χ1) is 10.3. The van der Waals surface area contributed by atoms with Gasteiger partial charge in [-0.3, -0.25) is 0 Å². The van der Waals surface area contributed by atoms with E-state index in [2.05, 4.69) is 35.0 Å². The van der Waals surface area contributed by atoms with E-state index in [0.29, 0.717) is 0 Å². The van der Waals surface area contributed by atoms with Crippen LogP contribution in [0.15, 0.2) is 29.6 Å². The van der Waals surface area contributed by atoms with E-state index in [-0.39, 0.29) is 5.41 Å². The van der Waals surface area contributed by atoms with Gasteiger partial charge in [0.2, 0.25) is 0 Å². The fourth-order valence-corrected chi connectivity index (χ4v) is 4.06. The number of fused-ring (bicyclic) bond motifs is 1. The van der Waals surface area contributed by atoms with Crippen LogP contribution in [0.1, 0.15) is 12.0 Å². The molecular weight excluding hydrogens is 282 g/mol. The molecule has 2 heterocycles. The van der Waals surface area contributed by atoms with Gasteiger partial charge in [-0.2, -0.15) is 0 Å². The first-order valence-electron chi connectivity index (χ1n) is 7.55. The van der Waals surface area contributed by atoms with Crippen molar-refractivity contribution in [2.45, 2.75) is 12.8 Å². The summed E-state index contributed by atoms with van der Waals surface area (Å²) in [6, 6.07) is 8.69. The Morgan fingerprint density at radius 2 is 2.29 bits per heavy atom. The quantitative estimate of drug-likeness (QED) is 0.797. The van der Waals surface area contributed by atoms with Crippen molar-refractivity contribution in [1.82, 2.24) is 5.32 Å². The van der Waals surface area contributed by atoms with Crippen LogP contribution in [0.5, 0.6) is 0 Å². The van der Waals surface area contributed by atoms with E-state index in [1.54, 1.807) is 7.11 Å². The molecule has 0 amide bonds. The van der Waals surface area contributed by atoms with Gasteiger partial charge in [0.1, 0.15) is 0 Å². The summed E-state index contributed by atoms with van der Waals surface area (Å²) in [6.45, 7) is 4.41. The van der Waals surface area contributed by atoms with E-state index in [1.807, 2.05) is 11.3 Å². The topological polar surface area (TPSA) is 30.5 Å². The van der Waals surface area contributed by atoms with Crippen LogP contribution >= 0.6 is 11.3 Å². The summed E-state index contributed by atoms with van der Waals surface area (Å²) >= 11 is 1.85. The van der Waals surface area contributed by atoms with Gasteiger partial charge in [0.05, 0.1) is 13.2 Å². The zero-order chi connectivity index (χ0) is 14.5. The number of rotatable bonds is 7. The van der Waals surface area contributed by atoms with Crippen molar-refractivity contribution in [2.24, 2.45) is 5.41 Å². The number of ether oxygens (including phenoxy) is 2. The molecule has 4 heteroatoms. The smallest absolute Gasteiger partial charge is 0.0587 e. The summed E-state index contributed by atoms with van der Waals surface area (Å²) in [5.41, 5.74) is 1.70. The molecule has 1 aromatic heterocycles. The van der Waals surface area contributed by atoms with Crippen molar-refractivity contribution in [3.05, 3.63) is 35.2 Å². The lowest BCUT2D eigenvalue weighted by molar-refractivity contribution is 0.145. The maximum atomic E-state index is 5.71. The second-order valence-electron chi connectivity index (χ2n) is 5.91. The van der Waals surface area contributed by atoms with Gasteiger partial charge in [-0.1, -0.05) is 18.2 Å². The van der Waals surface area contributed by atoms with Crippen molar-refractivity contribution in [2.75, 3.05) is 40.0 Å². The van der Waals surface area contributed by atoms with Crippen LogP contribution in [0.4, 0.5) is 0 Å². The summed E-state index contributed by atoms with van der Waals surface area (Å²) < 4.78 is 12.2. The third kappa shape index (κ3) is 3.46. The lowest BCUT2D eigenvalue weighted by Gasteiger charge is -2.27. The average molecular weight is 305 g/mol. The van der Waals surface area contributed by atoms with Crippen molar-refractivity contribution in [3.63, 3.8) is 0 Å². The zero-order valence-corrected chi connectivity index (χ0v) is 13.4. The van der Waals surface area contributed by atoms with Gasteiger partial charge in [-0.25, -0.2) is 0 Å². The van der Waals surface area contributed by atoms with Crippen molar-refractivity contribution < 1.29 is 9.47 Å². The molecule has 1 saturated heterocycles. The highest BCUT2D eigenvalue weighted by molar-refractivity contribution is 7.17. The minimum atomic E-state index is 0.234. The normalized spacial score (nSPS) is 22.1. The fourth-order valence-electron chi connectivity index (χ4n) is 3.09. The number of nitrogens with one attached hydrogen (secondary N) is 1. The minimum Gasteiger partial charge on any atom is -0.383 e. The van der Waals surface area contributed by atoms with Crippen molar-refractivity contribution in [3.8, 4) is 0 Å². The van der Waals surface area contributed by atoms with Crippen LogP contribution in [-0.4, -0.2) is 40.0 Å². The molecule has 1 aliphatic rings. The molecule has 114 valence electrons. The van der Waals surface area contributed by atoms with E-state index < -0.39 is 0 Å². The van der Waals surface area contributed by atoms with E-state index in [1.165, 1.54) is 15.6 Å². The maximum absolute atomic E-state index is 5.71. The van der Waals surface area contributed by atoms with E-state index >= 15 is 0 Å². The minimum absolute atomic E-state index is 0.234. The number of benzene rings is 1. The van der Waals surface area contributed by atoms with Crippen LogP contribution < -0.4 is 5.32 Å². The molecule has 1 aliphatic heterocycles. The summed E-state index contributed by atoms with van der Waals surface area (Å²) in [7, 11) is 1.74. The monoisotopic (exact) mass is 305 g/mol. The van der Waals surface area contributed by atoms with Crippen LogP contribution in [-0.2, 0) is 15.9 Å². The third-order valence-corrected chi connectivity index (χ3v) is 5.31. The molecule has 1 aromatic carbocycles. The number of hydrogen-bond acceptors (Lipinski definition) is 4. The largest absolute Gasteiger partial charge is 0.383 e. The van der Waals surface area contributed by atoms with E-state index in [0.717, 1.165) is 45.8 Å². The molecule has 0 saturated carbocycles. The average Bonchev–Trinajstić information content (AvgIpc) is 3.13. The lowest BCUT2D eigenvalue weighted by atomic mass is 9.81. The molecule has 0 aliphatic carbocycles. The molecule has 1 fully saturated rings. The van der Waals surface area contributed by atoms with Gasteiger partial charge in [0, 0.05) is 36.9 Å². The zero-order valence-electron chi connectivity index (χ0n) is 12.6. The Morgan fingerprint density at radius 1 is 1.38 bits per heavy atom. The van der Waals surface area contributed by atoms with Crippen LogP contribution in [0.25, 0.3) is 10.1 Å². The van der Waals surface area contributed by atoms with Crippen LogP contribution in [0.2, 0.25) is 0 Å². The Bertz CT molecular complexity index is 575. The van der Waals surface area contributed by atoms with Crippen LogP contribution in [0.3, 0.4) is 0 Å². The third-order valence-electron chi connectivity index (χ3n) is 4.29. The highest BCUT2D eigenvalue weighted by Gasteiger charge is 2.35. The van der Waals surface area contributed by atoms with E-state index in [9.17, 15) is 0 Å². The standard InChI is InChI=1S/C17H23NO2S/c1-19-9-7-18-12-17(6-8-20-13-17)10-14-11-21-16-5-3-2-4-15(14)16/h2-5,11,18H,6-10,12-13H2,1H3. The molecule has 0 radical (unpaired) electrons. The molecule has 3 rings (SSSR count). The Labute approximate surface area is 130 Å². The highest BCUT2D eigenvalue weighted by Crippen LogP contribution is 2.36. The first-order valence-corrected chi connectivity index (χ1v) is 8.43. The second-order valence-corrected chi connectivity index (χ2v) is 6.82. The van der Waals surface area contributed by atoms with Gasteiger partial charge in [-0.15, -0.1) is 11.3 Å². The molecule has 1 N–H and O–H groups in total. The van der Waals surface area contributed by atoms with E-state index in [4.69, 9.17) is 9.47 Å². The SMILES string of the molecule is COCCNCC1(Cc2csc3ccccc23)CCOC1. The van der Waals surface area contributed by atoms with Gasteiger partial charge in [0.15, 0.2) is 0 Å².